The molecule has 0 amide bonds. The number of oxazole rings is 1. The molecule has 2 rings (SSSR count). The Morgan fingerprint density at radius 1 is 1.38 bits per heavy atom. The van der Waals surface area contributed by atoms with Crippen molar-refractivity contribution >= 4 is 34.6 Å². The van der Waals surface area contributed by atoms with E-state index in [4.69, 9.17) is 4.42 Å². The molecule has 0 aliphatic rings. The molecule has 2 aromatic rings. The molecule has 1 heterocycles. The van der Waals surface area contributed by atoms with Crippen LogP contribution in [0.25, 0.3) is 11.1 Å². The molecule has 0 unspecified atom stereocenters. The molecule has 0 fully saturated rings. The Morgan fingerprint density at radius 2 is 2.23 bits per heavy atom. The van der Waals surface area contributed by atoms with Crippen molar-refractivity contribution in [2.45, 2.75) is 5.22 Å². The molecule has 0 aliphatic heterocycles. The molecule has 68 valence electrons. The standard InChI is InChI=1S/C9H9NOS2/c1-12-6-13-9-10-7-4-2-3-5-8(7)11-9/h2-5H,6H2,1H3. The Balaban J connectivity index is 2.28. The fourth-order valence-electron chi connectivity index (χ4n) is 1.02. The molecule has 0 spiro atoms. The van der Waals surface area contributed by atoms with Crippen LogP contribution in [-0.2, 0) is 0 Å². The van der Waals surface area contributed by atoms with Gasteiger partial charge in [-0.25, -0.2) is 4.98 Å². The zero-order valence-corrected chi connectivity index (χ0v) is 8.82. The monoisotopic (exact) mass is 211 g/mol. The summed E-state index contributed by atoms with van der Waals surface area (Å²) in [6.07, 6.45) is 2.07. The Morgan fingerprint density at radius 3 is 3.00 bits per heavy atom. The highest BCUT2D eigenvalue weighted by atomic mass is 32.2. The van der Waals surface area contributed by atoms with Crippen LogP contribution in [-0.4, -0.2) is 16.3 Å². The van der Waals surface area contributed by atoms with Gasteiger partial charge in [-0.15, -0.1) is 0 Å². The molecule has 0 bridgehead atoms. The van der Waals surface area contributed by atoms with Crippen LogP contribution in [0.2, 0.25) is 0 Å². The fraction of sp³-hybridized carbons (Fsp3) is 0.222. The van der Waals surface area contributed by atoms with Gasteiger partial charge in [0.25, 0.3) is 5.22 Å². The molecule has 0 saturated carbocycles. The lowest BCUT2D eigenvalue weighted by Gasteiger charge is -1.88. The molecular weight excluding hydrogens is 202 g/mol. The lowest BCUT2D eigenvalue weighted by atomic mass is 10.3. The summed E-state index contributed by atoms with van der Waals surface area (Å²) in [5, 5.41) is 1.74. The largest absolute Gasteiger partial charge is 0.431 e. The van der Waals surface area contributed by atoms with E-state index in [1.807, 2.05) is 24.3 Å². The van der Waals surface area contributed by atoms with E-state index < -0.39 is 0 Å². The van der Waals surface area contributed by atoms with Gasteiger partial charge in [0.15, 0.2) is 5.58 Å². The van der Waals surface area contributed by atoms with E-state index in [0.29, 0.717) is 0 Å². The van der Waals surface area contributed by atoms with Crippen molar-refractivity contribution in [3.63, 3.8) is 0 Å². The molecule has 4 heteroatoms. The van der Waals surface area contributed by atoms with Gasteiger partial charge in [0, 0.05) is 5.08 Å². The van der Waals surface area contributed by atoms with Crippen molar-refractivity contribution in [3.05, 3.63) is 24.3 Å². The van der Waals surface area contributed by atoms with Crippen molar-refractivity contribution in [2.75, 3.05) is 11.3 Å². The molecule has 2 nitrogen and oxygen atoms in total. The fourth-order valence-corrected chi connectivity index (χ4v) is 2.21. The minimum absolute atomic E-state index is 0.760. The van der Waals surface area contributed by atoms with Crippen LogP contribution in [0.1, 0.15) is 0 Å². The van der Waals surface area contributed by atoms with Gasteiger partial charge in [-0.1, -0.05) is 23.9 Å². The number of thioether (sulfide) groups is 2. The SMILES string of the molecule is CSCSc1nc2ccccc2o1. The van der Waals surface area contributed by atoms with E-state index in [2.05, 4.69) is 11.2 Å². The zero-order chi connectivity index (χ0) is 9.10. The van der Waals surface area contributed by atoms with E-state index in [1.54, 1.807) is 23.5 Å². The van der Waals surface area contributed by atoms with Gasteiger partial charge in [-0.05, 0) is 18.4 Å². The summed E-state index contributed by atoms with van der Waals surface area (Å²) in [6, 6.07) is 7.82. The first-order valence-electron chi connectivity index (χ1n) is 3.87. The maximum Gasteiger partial charge on any atom is 0.257 e. The first-order valence-corrected chi connectivity index (χ1v) is 6.25. The second kappa shape index (κ2) is 4.07. The van der Waals surface area contributed by atoms with Crippen LogP contribution < -0.4 is 0 Å². The summed E-state index contributed by atoms with van der Waals surface area (Å²) in [5.74, 6) is 0. The summed E-state index contributed by atoms with van der Waals surface area (Å²) in [5.41, 5.74) is 1.80. The van der Waals surface area contributed by atoms with E-state index in [0.717, 1.165) is 21.4 Å². The number of rotatable bonds is 3. The molecule has 0 aliphatic carbocycles. The second-order valence-electron chi connectivity index (χ2n) is 2.50. The van der Waals surface area contributed by atoms with Crippen LogP contribution in [0.4, 0.5) is 0 Å². The first-order chi connectivity index (χ1) is 6.40. The quantitative estimate of drug-likeness (QED) is 0.575. The number of nitrogens with zero attached hydrogens (tertiary/aromatic N) is 1. The van der Waals surface area contributed by atoms with E-state index in [1.165, 1.54) is 0 Å². The minimum atomic E-state index is 0.760. The molecule has 1 aromatic carbocycles. The number of para-hydroxylation sites is 2. The van der Waals surface area contributed by atoms with Crippen LogP contribution in [0, 0.1) is 0 Å². The second-order valence-corrected chi connectivity index (χ2v) is 4.66. The van der Waals surface area contributed by atoms with Crippen LogP contribution in [0.3, 0.4) is 0 Å². The maximum absolute atomic E-state index is 5.51. The van der Waals surface area contributed by atoms with Crippen molar-refractivity contribution in [2.24, 2.45) is 0 Å². The highest BCUT2D eigenvalue weighted by Crippen LogP contribution is 2.24. The number of hydrogen-bond donors (Lipinski definition) is 0. The molecule has 0 radical (unpaired) electrons. The zero-order valence-electron chi connectivity index (χ0n) is 7.19. The maximum atomic E-state index is 5.51. The first kappa shape index (κ1) is 8.97. The Labute approximate surface area is 85.1 Å². The van der Waals surface area contributed by atoms with E-state index >= 15 is 0 Å². The summed E-state index contributed by atoms with van der Waals surface area (Å²) in [7, 11) is 0. The third kappa shape index (κ3) is 2.00. The van der Waals surface area contributed by atoms with Crippen molar-refractivity contribution < 1.29 is 4.42 Å². The predicted octanol–water partition coefficient (Wildman–Crippen LogP) is 3.24. The number of hydrogen-bond acceptors (Lipinski definition) is 4. The van der Waals surface area contributed by atoms with Crippen molar-refractivity contribution in [3.8, 4) is 0 Å². The Hall–Kier alpha value is -0.610. The number of fused-ring (bicyclic) bond motifs is 1. The van der Waals surface area contributed by atoms with Gasteiger partial charge < -0.3 is 4.42 Å². The molecule has 0 N–H and O–H groups in total. The van der Waals surface area contributed by atoms with Crippen LogP contribution in [0.5, 0.6) is 0 Å². The third-order valence-electron chi connectivity index (χ3n) is 1.57. The molecule has 1 aromatic heterocycles. The molecular formula is C9H9NOS2. The summed E-state index contributed by atoms with van der Waals surface area (Å²) >= 11 is 3.40. The van der Waals surface area contributed by atoms with Crippen LogP contribution in [0.15, 0.2) is 33.9 Å². The van der Waals surface area contributed by atoms with Gasteiger partial charge in [-0.3, -0.25) is 0 Å². The predicted molar refractivity (Wildman–Crippen MR) is 58.2 cm³/mol. The van der Waals surface area contributed by atoms with E-state index in [-0.39, 0.29) is 0 Å². The number of benzene rings is 1. The molecule has 0 atom stereocenters. The van der Waals surface area contributed by atoms with Gasteiger partial charge >= 0.3 is 0 Å². The highest BCUT2D eigenvalue weighted by Gasteiger charge is 2.03. The topological polar surface area (TPSA) is 26.0 Å². The summed E-state index contributed by atoms with van der Waals surface area (Å²) in [6.45, 7) is 0. The van der Waals surface area contributed by atoms with Gasteiger partial charge in [-0.2, -0.15) is 11.8 Å². The smallest absolute Gasteiger partial charge is 0.257 e. The van der Waals surface area contributed by atoms with Crippen LogP contribution >= 0.6 is 23.5 Å². The van der Waals surface area contributed by atoms with E-state index in [9.17, 15) is 0 Å². The van der Waals surface area contributed by atoms with Gasteiger partial charge in [0.1, 0.15) is 5.52 Å². The van der Waals surface area contributed by atoms with Crippen molar-refractivity contribution in [1.82, 2.24) is 4.98 Å². The average molecular weight is 211 g/mol. The highest BCUT2D eigenvalue weighted by molar-refractivity contribution is 8.15. The summed E-state index contributed by atoms with van der Waals surface area (Å²) in [4.78, 5) is 4.33. The normalized spacial score (nSPS) is 10.8. The van der Waals surface area contributed by atoms with Gasteiger partial charge in [0.05, 0.1) is 0 Å². The lowest BCUT2D eigenvalue weighted by molar-refractivity contribution is 0.490. The Bertz CT molecular complexity index is 366. The Kier molecular flexibility index (Phi) is 2.80. The average Bonchev–Trinajstić information content (AvgIpc) is 2.57. The minimum Gasteiger partial charge on any atom is -0.431 e. The third-order valence-corrected chi connectivity index (χ3v) is 3.41. The lowest BCUT2D eigenvalue weighted by Crippen LogP contribution is -1.70. The van der Waals surface area contributed by atoms with Gasteiger partial charge in [0.2, 0.25) is 0 Å². The molecule has 0 saturated heterocycles. The number of aromatic nitrogens is 1. The molecule has 13 heavy (non-hydrogen) atoms. The van der Waals surface area contributed by atoms with Crippen molar-refractivity contribution in [1.29, 1.82) is 0 Å². The summed E-state index contributed by atoms with van der Waals surface area (Å²) < 4.78 is 5.51.